The molecule has 1 amide bonds. The number of likely N-dealkylation sites (N-methyl/N-ethyl adjacent to an activating group) is 1. The molecule has 5 nitrogen and oxygen atoms in total. The first-order valence-corrected chi connectivity index (χ1v) is 6.83. The van der Waals surface area contributed by atoms with Crippen LogP contribution in [0.1, 0.15) is 18.1 Å². The Labute approximate surface area is 132 Å². The van der Waals surface area contributed by atoms with Gasteiger partial charge in [-0.15, -0.1) is 0 Å². The van der Waals surface area contributed by atoms with E-state index in [1.165, 1.54) is 26.2 Å². The molecule has 0 saturated carbocycles. The second-order valence-corrected chi connectivity index (χ2v) is 5.25. The summed E-state index contributed by atoms with van der Waals surface area (Å²) in [6, 6.07) is 2.88. The van der Waals surface area contributed by atoms with E-state index >= 15 is 0 Å². The lowest BCUT2D eigenvalue weighted by Crippen LogP contribution is -2.28. The smallest absolute Gasteiger partial charge is 0.345 e. The Kier molecular flexibility index (Phi) is 5.63. The summed E-state index contributed by atoms with van der Waals surface area (Å²) in [5.41, 5.74) is -0.110. The highest BCUT2D eigenvalue weighted by Crippen LogP contribution is 2.33. The zero-order valence-electron chi connectivity index (χ0n) is 11.8. The summed E-state index contributed by atoms with van der Waals surface area (Å²) in [7, 11) is 2.78. The number of benzene rings is 1. The predicted octanol–water partition coefficient (Wildman–Crippen LogP) is 3.00. The fraction of sp³-hybridized carbons (Fsp3) is 0.286. The van der Waals surface area contributed by atoms with Crippen molar-refractivity contribution in [1.82, 2.24) is 4.90 Å². The number of carboxylic acid groups (broad SMARTS) is 1. The van der Waals surface area contributed by atoms with Gasteiger partial charge in [-0.05, 0) is 24.1 Å². The van der Waals surface area contributed by atoms with Crippen LogP contribution >= 0.6 is 23.2 Å². The van der Waals surface area contributed by atoms with Crippen LogP contribution < -0.4 is 0 Å². The highest BCUT2D eigenvalue weighted by Gasteiger charge is 2.27. The predicted molar refractivity (Wildman–Crippen MR) is 81.7 cm³/mol. The number of hydrogen-bond acceptors (Lipinski definition) is 3. The van der Waals surface area contributed by atoms with Gasteiger partial charge in [-0.2, -0.15) is 0 Å². The van der Waals surface area contributed by atoms with Crippen molar-refractivity contribution < 1.29 is 19.8 Å². The Bertz CT molecular complexity index is 624. The van der Waals surface area contributed by atoms with Crippen molar-refractivity contribution in [3.63, 3.8) is 0 Å². The summed E-state index contributed by atoms with van der Waals surface area (Å²) < 4.78 is 0. The minimum atomic E-state index is -1.53. The normalized spacial score (nSPS) is 11.9. The maximum atomic E-state index is 11.9. The van der Waals surface area contributed by atoms with Gasteiger partial charge in [-0.25, -0.2) is 4.79 Å². The number of aliphatic hydroxyl groups excluding tert-OH is 1. The lowest BCUT2D eigenvalue weighted by Gasteiger charge is -2.14. The van der Waals surface area contributed by atoms with E-state index in [0.717, 1.165) is 4.90 Å². The quantitative estimate of drug-likeness (QED) is 0.385. The van der Waals surface area contributed by atoms with Gasteiger partial charge in [0.15, 0.2) is 5.57 Å². The van der Waals surface area contributed by atoms with Crippen molar-refractivity contribution in [2.45, 2.75) is 13.3 Å². The highest BCUT2D eigenvalue weighted by atomic mass is 35.5. The standard InChI is InChI=1S/C14H15Cl2NO4/c1-4-7-9(15)6-5-8(11(7)16)12(18)10(14(20)21)13(19)17(2)3/h5-6,18H,4H2,1-3H3,(H,20,21). The van der Waals surface area contributed by atoms with Crippen LogP contribution in [-0.2, 0) is 16.0 Å². The van der Waals surface area contributed by atoms with Crippen LogP contribution in [-0.4, -0.2) is 41.1 Å². The maximum absolute atomic E-state index is 11.9. The van der Waals surface area contributed by atoms with Crippen molar-refractivity contribution in [2.24, 2.45) is 0 Å². The molecule has 7 heteroatoms. The number of rotatable bonds is 4. The molecule has 0 spiro atoms. The number of carboxylic acids is 1. The third-order valence-electron chi connectivity index (χ3n) is 2.87. The molecule has 0 heterocycles. The summed E-state index contributed by atoms with van der Waals surface area (Å²) in [6.07, 6.45) is 0.503. The number of carbonyl (C=O) groups is 2. The number of aliphatic hydroxyl groups is 1. The first-order chi connectivity index (χ1) is 9.72. The molecular weight excluding hydrogens is 317 g/mol. The zero-order chi connectivity index (χ0) is 16.3. The van der Waals surface area contributed by atoms with Gasteiger partial charge in [0.05, 0.1) is 5.02 Å². The van der Waals surface area contributed by atoms with Crippen molar-refractivity contribution in [2.75, 3.05) is 14.1 Å². The molecule has 0 radical (unpaired) electrons. The van der Waals surface area contributed by atoms with Gasteiger partial charge in [-0.3, -0.25) is 4.79 Å². The Balaban J connectivity index is 3.59. The third kappa shape index (κ3) is 3.49. The van der Waals surface area contributed by atoms with Crippen molar-refractivity contribution in [3.05, 3.63) is 38.9 Å². The van der Waals surface area contributed by atoms with Crippen LogP contribution in [0.4, 0.5) is 0 Å². The first-order valence-electron chi connectivity index (χ1n) is 6.07. The number of aliphatic carboxylic acids is 1. The third-order valence-corrected chi connectivity index (χ3v) is 3.65. The van der Waals surface area contributed by atoms with Gasteiger partial charge in [0.1, 0.15) is 5.76 Å². The summed E-state index contributed by atoms with van der Waals surface area (Å²) in [5.74, 6) is -3.04. The second kappa shape index (κ2) is 6.83. The van der Waals surface area contributed by atoms with Gasteiger partial charge in [0.25, 0.3) is 5.91 Å². The molecule has 1 aromatic rings. The Morgan fingerprint density at radius 1 is 1.19 bits per heavy atom. The summed E-state index contributed by atoms with van der Waals surface area (Å²) in [6.45, 7) is 1.82. The van der Waals surface area contributed by atoms with E-state index in [2.05, 4.69) is 0 Å². The van der Waals surface area contributed by atoms with E-state index in [-0.39, 0.29) is 10.6 Å². The number of amides is 1. The topological polar surface area (TPSA) is 77.8 Å². The molecule has 1 aromatic carbocycles. The molecule has 0 unspecified atom stereocenters. The van der Waals surface area contributed by atoms with Crippen molar-refractivity contribution in [3.8, 4) is 0 Å². The molecule has 0 aromatic heterocycles. The molecule has 0 aliphatic rings. The second-order valence-electron chi connectivity index (χ2n) is 4.47. The van der Waals surface area contributed by atoms with Crippen LogP contribution in [0.5, 0.6) is 0 Å². The van der Waals surface area contributed by atoms with Gasteiger partial charge >= 0.3 is 5.97 Å². The number of halogens is 2. The Morgan fingerprint density at radius 2 is 1.76 bits per heavy atom. The zero-order valence-corrected chi connectivity index (χ0v) is 13.3. The lowest BCUT2D eigenvalue weighted by molar-refractivity contribution is -0.136. The lowest BCUT2D eigenvalue weighted by atomic mass is 10.0. The molecule has 0 aliphatic carbocycles. The SMILES string of the molecule is CCc1c(Cl)ccc(C(O)=C(C(=O)O)C(=O)N(C)C)c1Cl. The summed E-state index contributed by atoms with van der Waals surface area (Å²) >= 11 is 12.1. The van der Waals surface area contributed by atoms with Crippen molar-refractivity contribution in [1.29, 1.82) is 0 Å². The molecule has 114 valence electrons. The molecule has 0 saturated heterocycles. The summed E-state index contributed by atoms with van der Waals surface area (Å²) in [5, 5.41) is 19.9. The number of hydrogen-bond donors (Lipinski definition) is 2. The van der Waals surface area contributed by atoms with E-state index in [9.17, 15) is 14.7 Å². The highest BCUT2D eigenvalue weighted by molar-refractivity contribution is 6.37. The van der Waals surface area contributed by atoms with Crippen LogP contribution in [0.2, 0.25) is 10.0 Å². The van der Waals surface area contributed by atoms with E-state index in [0.29, 0.717) is 17.0 Å². The van der Waals surface area contributed by atoms with Gasteiger partial charge in [0.2, 0.25) is 0 Å². The molecular formula is C14H15Cl2NO4. The average molecular weight is 332 g/mol. The van der Waals surface area contributed by atoms with E-state index in [1.807, 2.05) is 6.92 Å². The first kappa shape index (κ1) is 17.3. The fourth-order valence-electron chi connectivity index (χ4n) is 1.76. The van der Waals surface area contributed by atoms with Gasteiger partial charge < -0.3 is 15.1 Å². The number of nitrogens with zero attached hydrogens (tertiary/aromatic N) is 1. The fourth-order valence-corrected chi connectivity index (χ4v) is 2.48. The van der Waals surface area contributed by atoms with Gasteiger partial charge in [0, 0.05) is 24.7 Å². The van der Waals surface area contributed by atoms with E-state index < -0.39 is 23.2 Å². The molecule has 0 bridgehead atoms. The van der Waals surface area contributed by atoms with Crippen LogP contribution in [0, 0.1) is 0 Å². The van der Waals surface area contributed by atoms with E-state index in [1.54, 1.807) is 0 Å². The summed E-state index contributed by atoms with van der Waals surface area (Å²) in [4.78, 5) is 24.2. The number of carbonyl (C=O) groups excluding carboxylic acids is 1. The van der Waals surface area contributed by atoms with E-state index in [4.69, 9.17) is 28.3 Å². The van der Waals surface area contributed by atoms with Crippen LogP contribution in [0.3, 0.4) is 0 Å². The Hall–Kier alpha value is -1.72. The molecule has 0 atom stereocenters. The van der Waals surface area contributed by atoms with Gasteiger partial charge in [-0.1, -0.05) is 30.1 Å². The minimum Gasteiger partial charge on any atom is -0.506 e. The largest absolute Gasteiger partial charge is 0.506 e. The average Bonchev–Trinajstić information content (AvgIpc) is 2.38. The molecule has 2 N–H and O–H groups in total. The Morgan fingerprint density at radius 3 is 2.19 bits per heavy atom. The van der Waals surface area contributed by atoms with Crippen LogP contribution in [0.15, 0.2) is 17.7 Å². The van der Waals surface area contributed by atoms with Crippen molar-refractivity contribution >= 4 is 40.8 Å². The molecule has 0 fully saturated rings. The molecule has 0 aliphatic heterocycles. The molecule has 21 heavy (non-hydrogen) atoms. The minimum absolute atomic E-state index is 0.0607. The van der Waals surface area contributed by atoms with Crippen LogP contribution in [0.25, 0.3) is 5.76 Å². The maximum Gasteiger partial charge on any atom is 0.345 e. The monoisotopic (exact) mass is 331 g/mol. The molecule has 1 rings (SSSR count).